The molecule has 0 bridgehead atoms. The second-order valence-electron chi connectivity index (χ2n) is 6.30. The maximum absolute atomic E-state index is 11.1. The highest BCUT2D eigenvalue weighted by Crippen LogP contribution is 2.23. The molecule has 2 N–H and O–H groups in total. The fourth-order valence-corrected chi connectivity index (χ4v) is 2.63. The van der Waals surface area contributed by atoms with Gasteiger partial charge in [0.05, 0.1) is 11.6 Å². The summed E-state index contributed by atoms with van der Waals surface area (Å²) in [5, 5.41) is 16.5. The number of pyridine rings is 1. The van der Waals surface area contributed by atoms with E-state index < -0.39 is 5.97 Å². The predicted octanol–water partition coefficient (Wildman–Crippen LogP) is 3.32. The summed E-state index contributed by atoms with van der Waals surface area (Å²) in [6, 6.07) is 10.3. The van der Waals surface area contributed by atoms with Crippen LogP contribution in [0.4, 0.5) is 0 Å². The lowest BCUT2D eigenvalue weighted by Gasteiger charge is -2.18. The summed E-state index contributed by atoms with van der Waals surface area (Å²) < 4.78 is 5.45. The zero-order valence-electron chi connectivity index (χ0n) is 14.6. The van der Waals surface area contributed by atoms with E-state index in [4.69, 9.17) is 9.63 Å². The second kappa shape index (κ2) is 7.88. The van der Waals surface area contributed by atoms with Gasteiger partial charge in [-0.05, 0) is 35.7 Å². The van der Waals surface area contributed by atoms with E-state index in [9.17, 15) is 4.79 Å². The third kappa shape index (κ3) is 4.12. The highest BCUT2D eigenvalue weighted by Gasteiger charge is 2.22. The fraction of sp³-hybridized carbons (Fsp3) is 0.263. The lowest BCUT2D eigenvalue weighted by atomic mass is 10.0. The lowest BCUT2D eigenvalue weighted by Crippen LogP contribution is -2.25. The number of benzene rings is 1. The van der Waals surface area contributed by atoms with Crippen LogP contribution in [0.15, 0.2) is 53.3 Å². The molecule has 0 saturated carbocycles. The minimum atomic E-state index is -0.939. The van der Waals surface area contributed by atoms with Crippen molar-refractivity contribution in [3.8, 4) is 11.4 Å². The van der Waals surface area contributed by atoms with Crippen molar-refractivity contribution in [2.45, 2.75) is 26.4 Å². The third-order valence-corrected chi connectivity index (χ3v) is 4.01. The summed E-state index contributed by atoms with van der Waals surface area (Å²) in [4.78, 5) is 19.6. The molecule has 7 nitrogen and oxygen atoms in total. The standard InChI is InChI=1S/C19H20N4O3/c1-12(2)16(21-11-13-4-3-5-15(10-13)19(24)25)18-22-17(23-26-18)14-6-8-20-9-7-14/h3-10,12,16,21H,11H2,1-2H3,(H,24,25). The molecule has 1 unspecified atom stereocenters. The van der Waals surface area contributed by atoms with Crippen LogP contribution in [0, 0.1) is 5.92 Å². The number of hydrogen-bond donors (Lipinski definition) is 2. The molecule has 0 saturated heterocycles. The maximum atomic E-state index is 11.1. The number of aromatic nitrogens is 3. The number of carboxylic acids is 1. The van der Waals surface area contributed by atoms with Gasteiger partial charge in [-0.3, -0.25) is 4.98 Å². The average molecular weight is 352 g/mol. The van der Waals surface area contributed by atoms with Crippen LogP contribution in [-0.2, 0) is 6.54 Å². The molecule has 0 spiro atoms. The van der Waals surface area contributed by atoms with E-state index in [1.165, 1.54) is 0 Å². The zero-order chi connectivity index (χ0) is 18.5. The van der Waals surface area contributed by atoms with Crippen LogP contribution >= 0.6 is 0 Å². The predicted molar refractivity (Wildman–Crippen MR) is 95.3 cm³/mol. The summed E-state index contributed by atoms with van der Waals surface area (Å²) in [6.45, 7) is 4.61. The van der Waals surface area contributed by atoms with Gasteiger partial charge in [-0.2, -0.15) is 4.98 Å². The molecule has 26 heavy (non-hydrogen) atoms. The molecule has 0 aliphatic carbocycles. The molecule has 134 valence electrons. The van der Waals surface area contributed by atoms with Gasteiger partial charge in [0.1, 0.15) is 0 Å². The van der Waals surface area contributed by atoms with Gasteiger partial charge in [0.25, 0.3) is 0 Å². The maximum Gasteiger partial charge on any atom is 0.335 e. The number of nitrogens with one attached hydrogen (secondary N) is 1. The van der Waals surface area contributed by atoms with Gasteiger partial charge in [0, 0.05) is 24.5 Å². The van der Waals surface area contributed by atoms with Crippen molar-refractivity contribution in [2.24, 2.45) is 5.92 Å². The van der Waals surface area contributed by atoms with Crippen LogP contribution in [-0.4, -0.2) is 26.2 Å². The van der Waals surface area contributed by atoms with Crippen LogP contribution in [0.1, 0.15) is 41.7 Å². The van der Waals surface area contributed by atoms with Crippen molar-refractivity contribution in [1.29, 1.82) is 0 Å². The van der Waals surface area contributed by atoms with Gasteiger partial charge in [0.2, 0.25) is 11.7 Å². The van der Waals surface area contributed by atoms with Gasteiger partial charge in [-0.1, -0.05) is 31.1 Å². The molecular weight excluding hydrogens is 332 g/mol. The monoisotopic (exact) mass is 352 g/mol. The van der Waals surface area contributed by atoms with Crippen LogP contribution < -0.4 is 5.32 Å². The summed E-state index contributed by atoms with van der Waals surface area (Å²) in [6.07, 6.45) is 3.36. The number of carboxylic acid groups (broad SMARTS) is 1. The molecular formula is C19H20N4O3. The molecule has 0 aliphatic rings. The van der Waals surface area contributed by atoms with E-state index in [2.05, 4.69) is 34.3 Å². The van der Waals surface area contributed by atoms with E-state index in [1.54, 1.807) is 30.6 Å². The summed E-state index contributed by atoms with van der Waals surface area (Å²) in [5.41, 5.74) is 1.99. The highest BCUT2D eigenvalue weighted by atomic mass is 16.5. The molecule has 2 heterocycles. The lowest BCUT2D eigenvalue weighted by molar-refractivity contribution is 0.0696. The third-order valence-electron chi connectivity index (χ3n) is 4.01. The van der Waals surface area contributed by atoms with Gasteiger partial charge < -0.3 is 14.9 Å². The van der Waals surface area contributed by atoms with Gasteiger partial charge in [-0.25, -0.2) is 4.79 Å². The molecule has 7 heteroatoms. The summed E-state index contributed by atoms with van der Waals surface area (Å²) in [7, 11) is 0. The zero-order valence-corrected chi connectivity index (χ0v) is 14.6. The number of rotatable bonds is 7. The molecule has 0 aliphatic heterocycles. The fourth-order valence-electron chi connectivity index (χ4n) is 2.63. The first-order valence-electron chi connectivity index (χ1n) is 8.34. The number of nitrogens with zero attached hydrogens (tertiary/aromatic N) is 3. The first-order chi connectivity index (χ1) is 12.5. The number of carbonyl (C=O) groups is 1. The van der Waals surface area contributed by atoms with Crippen LogP contribution in [0.3, 0.4) is 0 Å². The Morgan fingerprint density at radius 1 is 1.23 bits per heavy atom. The van der Waals surface area contributed by atoms with E-state index in [1.807, 2.05) is 18.2 Å². The molecule has 0 fully saturated rings. The molecule has 0 amide bonds. The SMILES string of the molecule is CC(C)C(NCc1cccc(C(=O)O)c1)c1nc(-c2ccncc2)no1. The van der Waals surface area contributed by atoms with Gasteiger partial charge in [-0.15, -0.1) is 0 Å². The van der Waals surface area contributed by atoms with Crippen LogP contribution in [0.2, 0.25) is 0 Å². The van der Waals surface area contributed by atoms with Gasteiger partial charge >= 0.3 is 5.97 Å². The van der Waals surface area contributed by atoms with Crippen molar-refractivity contribution in [2.75, 3.05) is 0 Å². The van der Waals surface area contributed by atoms with Crippen molar-refractivity contribution in [3.63, 3.8) is 0 Å². The molecule has 3 rings (SSSR count). The molecule has 1 aromatic carbocycles. The summed E-state index contributed by atoms with van der Waals surface area (Å²) in [5.74, 6) is 0.290. The first-order valence-corrected chi connectivity index (χ1v) is 8.34. The minimum Gasteiger partial charge on any atom is -0.478 e. The van der Waals surface area contributed by atoms with Crippen molar-refractivity contribution >= 4 is 5.97 Å². The Labute approximate surface area is 151 Å². The Bertz CT molecular complexity index is 877. The van der Waals surface area contributed by atoms with Gasteiger partial charge in [0.15, 0.2) is 0 Å². The van der Waals surface area contributed by atoms with E-state index in [0.29, 0.717) is 18.3 Å². The molecule has 1 atom stereocenters. The highest BCUT2D eigenvalue weighted by molar-refractivity contribution is 5.87. The van der Waals surface area contributed by atoms with Crippen molar-refractivity contribution in [3.05, 3.63) is 65.8 Å². The van der Waals surface area contributed by atoms with E-state index in [0.717, 1.165) is 11.1 Å². The largest absolute Gasteiger partial charge is 0.478 e. The Hall–Kier alpha value is -3.06. The normalized spacial score (nSPS) is 12.3. The van der Waals surface area contributed by atoms with E-state index >= 15 is 0 Å². The van der Waals surface area contributed by atoms with E-state index in [-0.39, 0.29) is 17.5 Å². The van der Waals surface area contributed by atoms with Crippen molar-refractivity contribution < 1.29 is 14.4 Å². The molecule has 2 aromatic heterocycles. The number of hydrogen-bond acceptors (Lipinski definition) is 6. The Morgan fingerprint density at radius 3 is 2.69 bits per heavy atom. The minimum absolute atomic E-state index is 0.147. The second-order valence-corrected chi connectivity index (χ2v) is 6.30. The van der Waals surface area contributed by atoms with Crippen molar-refractivity contribution in [1.82, 2.24) is 20.4 Å². The summed E-state index contributed by atoms with van der Waals surface area (Å²) >= 11 is 0. The van der Waals surface area contributed by atoms with Crippen LogP contribution in [0.5, 0.6) is 0 Å². The molecule has 0 radical (unpaired) electrons. The Morgan fingerprint density at radius 2 is 2.00 bits per heavy atom. The Balaban J connectivity index is 1.75. The first kappa shape index (κ1) is 17.8. The topological polar surface area (TPSA) is 101 Å². The Kier molecular flexibility index (Phi) is 5.38. The smallest absolute Gasteiger partial charge is 0.335 e. The molecule has 3 aromatic rings. The number of aromatic carboxylic acids is 1. The average Bonchev–Trinajstić information content (AvgIpc) is 3.12. The quantitative estimate of drug-likeness (QED) is 0.672. The van der Waals surface area contributed by atoms with Crippen LogP contribution in [0.25, 0.3) is 11.4 Å².